The van der Waals surface area contributed by atoms with Gasteiger partial charge in [0.05, 0.1) is 6.17 Å². The van der Waals surface area contributed by atoms with Crippen molar-refractivity contribution in [1.29, 1.82) is 0 Å². The molecule has 132 valence electrons. The summed E-state index contributed by atoms with van der Waals surface area (Å²) in [6, 6.07) is 0.765. The van der Waals surface area contributed by atoms with Gasteiger partial charge < -0.3 is 9.88 Å². The predicted molar refractivity (Wildman–Crippen MR) is 87.0 cm³/mol. The van der Waals surface area contributed by atoms with E-state index in [4.69, 9.17) is 0 Å². The summed E-state index contributed by atoms with van der Waals surface area (Å²) in [6.45, 7) is 5.83. The zero-order chi connectivity index (χ0) is 17.3. The van der Waals surface area contributed by atoms with Crippen molar-refractivity contribution in [2.45, 2.75) is 63.5 Å². The maximum absolute atomic E-state index is 12.9. The fourth-order valence-electron chi connectivity index (χ4n) is 3.51. The fraction of sp³-hybridized carbons (Fsp3) is 0.588. The lowest BCUT2D eigenvalue weighted by Crippen LogP contribution is -2.42. The highest BCUT2D eigenvalue weighted by atomic mass is 19.4. The number of imidazole rings is 1. The Morgan fingerprint density at radius 1 is 1.25 bits per heavy atom. The number of fused-ring (bicyclic) bond motifs is 1. The van der Waals surface area contributed by atoms with Crippen LogP contribution in [-0.4, -0.2) is 21.6 Å². The number of hydrogen-bond donors (Lipinski definition) is 2. The average molecular weight is 340 g/mol. The summed E-state index contributed by atoms with van der Waals surface area (Å²) in [7, 11) is 0. The van der Waals surface area contributed by atoms with Gasteiger partial charge in [-0.05, 0) is 45.1 Å². The van der Waals surface area contributed by atoms with Crippen LogP contribution in [-0.2, 0) is 6.18 Å². The molecule has 0 saturated heterocycles. The number of aromatic nitrogens is 2. The highest BCUT2D eigenvalue weighted by molar-refractivity contribution is 5.44. The quantitative estimate of drug-likeness (QED) is 0.875. The summed E-state index contributed by atoms with van der Waals surface area (Å²) in [5.74, 6) is 0.365. The van der Waals surface area contributed by atoms with Gasteiger partial charge in [-0.2, -0.15) is 13.2 Å². The zero-order valence-electron chi connectivity index (χ0n) is 13.7. The van der Waals surface area contributed by atoms with Crippen LogP contribution >= 0.6 is 0 Å². The van der Waals surface area contributed by atoms with E-state index in [0.717, 1.165) is 37.6 Å². The molecule has 3 rings (SSSR count). The van der Waals surface area contributed by atoms with Crippen LogP contribution in [0.15, 0.2) is 24.5 Å². The van der Waals surface area contributed by atoms with E-state index >= 15 is 0 Å². The van der Waals surface area contributed by atoms with Crippen molar-refractivity contribution < 1.29 is 13.2 Å². The third-order valence-corrected chi connectivity index (χ3v) is 4.62. The first-order valence-electron chi connectivity index (χ1n) is 8.33. The summed E-state index contributed by atoms with van der Waals surface area (Å²) in [4.78, 5) is 3.70. The highest BCUT2D eigenvalue weighted by Crippen LogP contribution is 2.32. The Morgan fingerprint density at radius 2 is 1.92 bits per heavy atom. The Kier molecular flexibility index (Phi) is 4.71. The van der Waals surface area contributed by atoms with Gasteiger partial charge in [-0.25, -0.2) is 4.98 Å². The largest absolute Gasteiger partial charge is 0.434 e. The van der Waals surface area contributed by atoms with Crippen LogP contribution in [0.1, 0.15) is 56.7 Å². The Morgan fingerprint density at radius 3 is 2.54 bits per heavy atom. The van der Waals surface area contributed by atoms with E-state index < -0.39 is 11.9 Å². The van der Waals surface area contributed by atoms with Crippen molar-refractivity contribution >= 4 is 6.08 Å². The number of nitrogens with one attached hydrogen (secondary N) is 2. The average Bonchev–Trinajstić information content (AvgIpc) is 2.94. The molecular formula is C17H23F3N4. The smallest absolute Gasteiger partial charge is 0.386 e. The van der Waals surface area contributed by atoms with Gasteiger partial charge in [-0.15, -0.1) is 0 Å². The minimum atomic E-state index is -4.41. The van der Waals surface area contributed by atoms with Crippen molar-refractivity contribution in [3.05, 3.63) is 36.1 Å². The lowest BCUT2D eigenvalue weighted by atomic mass is 9.90. The van der Waals surface area contributed by atoms with Gasteiger partial charge in [-0.1, -0.05) is 12.7 Å². The molecule has 1 unspecified atom stereocenters. The molecule has 2 aliphatic rings. The van der Waals surface area contributed by atoms with Crippen molar-refractivity contribution in [3.8, 4) is 0 Å². The second-order valence-electron chi connectivity index (χ2n) is 6.68. The van der Waals surface area contributed by atoms with E-state index in [1.54, 1.807) is 10.6 Å². The Hall–Kier alpha value is -1.76. The van der Waals surface area contributed by atoms with Crippen LogP contribution in [0, 0.1) is 0 Å². The van der Waals surface area contributed by atoms with Gasteiger partial charge in [0.2, 0.25) is 0 Å². The van der Waals surface area contributed by atoms with E-state index in [2.05, 4.69) is 22.2 Å². The van der Waals surface area contributed by atoms with E-state index in [1.807, 2.05) is 13.0 Å². The van der Waals surface area contributed by atoms with Gasteiger partial charge in [0.25, 0.3) is 0 Å². The molecule has 0 amide bonds. The van der Waals surface area contributed by atoms with Crippen LogP contribution in [0.3, 0.4) is 0 Å². The summed E-state index contributed by atoms with van der Waals surface area (Å²) in [5.41, 5.74) is 0.150. The third-order valence-electron chi connectivity index (χ3n) is 4.62. The Balaban J connectivity index is 1.63. The molecule has 1 fully saturated rings. The van der Waals surface area contributed by atoms with Crippen LogP contribution in [0.5, 0.6) is 0 Å². The van der Waals surface area contributed by atoms with Crippen LogP contribution < -0.4 is 10.6 Å². The van der Waals surface area contributed by atoms with Gasteiger partial charge >= 0.3 is 6.18 Å². The van der Waals surface area contributed by atoms with Crippen molar-refractivity contribution in [3.63, 3.8) is 0 Å². The zero-order valence-corrected chi connectivity index (χ0v) is 13.7. The van der Waals surface area contributed by atoms with Crippen LogP contribution in [0.25, 0.3) is 6.08 Å². The molecule has 1 atom stereocenters. The van der Waals surface area contributed by atoms with Gasteiger partial charge in [0.15, 0.2) is 5.69 Å². The molecule has 0 bridgehead atoms. The highest BCUT2D eigenvalue weighted by Gasteiger charge is 2.36. The first-order chi connectivity index (χ1) is 11.3. The summed E-state index contributed by atoms with van der Waals surface area (Å²) < 4.78 is 40.2. The molecule has 0 radical (unpaired) electrons. The number of nitrogens with zero attached hydrogens (tertiary/aromatic N) is 2. The van der Waals surface area contributed by atoms with Crippen LogP contribution in [0.2, 0.25) is 0 Å². The van der Waals surface area contributed by atoms with Gasteiger partial charge in [0, 0.05) is 24.0 Å². The summed E-state index contributed by atoms with van der Waals surface area (Å²) in [6.07, 6.45) is 4.84. The Labute approximate surface area is 139 Å². The maximum atomic E-state index is 12.9. The number of allylic oxidation sites excluding steroid dienone is 1. The minimum Gasteiger partial charge on any atom is -0.386 e. The molecule has 1 aromatic heterocycles. The topological polar surface area (TPSA) is 41.9 Å². The normalized spacial score (nSPS) is 26.9. The van der Waals surface area contributed by atoms with E-state index in [-0.39, 0.29) is 6.17 Å². The monoisotopic (exact) mass is 340 g/mol. The van der Waals surface area contributed by atoms with Gasteiger partial charge in [0.1, 0.15) is 5.82 Å². The molecule has 2 N–H and O–H groups in total. The van der Waals surface area contributed by atoms with E-state index in [0.29, 0.717) is 24.3 Å². The van der Waals surface area contributed by atoms with E-state index in [9.17, 15) is 13.2 Å². The van der Waals surface area contributed by atoms with Crippen molar-refractivity contribution in [1.82, 2.24) is 20.2 Å². The molecule has 2 heterocycles. The first-order valence-corrected chi connectivity index (χ1v) is 8.33. The second-order valence-corrected chi connectivity index (χ2v) is 6.68. The SMILES string of the molecule is C=C(C)NC1CCC(NC2CC=Cc3nc(C(F)(F)F)cn32)CC1. The first kappa shape index (κ1) is 17.1. The number of halogens is 3. The molecule has 0 aromatic carbocycles. The number of alkyl halides is 3. The minimum absolute atomic E-state index is 0.163. The second kappa shape index (κ2) is 6.63. The summed E-state index contributed by atoms with van der Waals surface area (Å²) in [5, 5.41) is 6.87. The van der Waals surface area contributed by atoms with E-state index in [1.165, 1.54) is 0 Å². The molecule has 24 heavy (non-hydrogen) atoms. The molecule has 1 saturated carbocycles. The van der Waals surface area contributed by atoms with Crippen molar-refractivity contribution in [2.24, 2.45) is 0 Å². The van der Waals surface area contributed by atoms with Crippen LogP contribution in [0.4, 0.5) is 13.2 Å². The fourth-order valence-corrected chi connectivity index (χ4v) is 3.51. The predicted octanol–water partition coefficient (Wildman–Crippen LogP) is 3.84. The molecule has 1 aromatic rings. The molecule has 7 heteroatoms. The molecular weight excluding hydrogens is 317 g/mol. The lowest BCUT2D eigenvalue weighted by molar-refractivity contribution is -0.141. The van der Waals surface area contributed by atoms with Gasteiger partial charge in [-0.3, -0.25) is 5.32 Å². The number of rotatable bonds is 4. The molecule has 4 nitrogen and oxygen atoms in total. The number of hydrogen-bond acceptors (Lipinski definition) is 3. The molecule has 0 spiro atoms. The maximum Gasteiger partial charge on any atom is 0.434 e. The lowest BCUT2D eigenvalue weighted by Gasteiger charge is -2.34. The van der Waals surface area contributed by atoms with Crippen molar-refractivity contribution in [2.75, 3.05) is 0 Å². The summed E-state index contributed by atoms with van der Waals surface area (Å²) >= 11 is 0. The molecule has 1 aliphatic carbocycles. The Bertz CT molecular complexity index is 624. The third kappa shape index (κ3) is 3.83. The standard InChI is InChI=1S/C17H23F3N4/c1-11(2)21-12-6-8-13(9-7-12)22-15-4-3-5-16-23-14(10-24(15)16)17(18,19)20/h3,5,10,12-13,15,21-22H,1,4,6-9H2,2H3. The molecule has 1 aliphatic heterocycles.